The quantitative estimate of drug-likeness (QED) is 0.601. The Balaban J connectivity index is 1.50. The smallest absolute Gasteiger partial charge is 0.264 e. The molecule has 3 aromatic rings. The molecule has 0 saturated carbocycles. The Labute approximate surface area is 189 Å². The molecule has 2 aromatic heterocycles. The van der Waals surface area contributed by atoms with Gasteiger partial charge >= 0.3 is 0 Å². The highest BCUT2D eigenvalue weighted by atomic mass is 35.5. The number of likely N-dealkylation sites (tertiary alicyclic amines) is 1. The van der Waals surface area contributed by atoms with E-state index >= 15 is 0 Å². The number of fused-ring (bicyclic) bond motifs is 1. The predicted octanol–water partition coefficient (Wildman–Crippen LogP) is 1.75. The molecule has 2 N–H and O–H groups in total. The van der Waals surface area contributed by atoms with Crippen LogP contribution in [0.25, 0.3) is 16.7 Å². The molecule has 0 aliphatic carbocycles. The van der Waals surface area contributed by atoms with Crippen LogP contribution >= 0.6 is 11.6 Å². The Morgan fingerprint density at radius 3 is 2.50 bits per heavy atom. The summed E-state index contributed by atoms with van der Waals surface area (Å²) in [7, 11) is 0. The van der Waals surface area contributed by atoms with Gasteiger partial charge in [0.2, 0.25) is 5.91 Å². The topological polar surface area (TPSA) is 113 Å². The van der Waals surface area contributed by atoms with E-state index in [9.17, 15) is 19.8 Å². The molecule has 0 radical (unpaired) electrons. The fourth-order valence-electron chi connectivity index (χ4n) is 3.96. The maximum atomic E-state index is 13.0. The van der Waals surface area contributed by atoms with Gasteiger partial charge in [0.25, 0.3) is 5.56 Å². The van der Waals surface area contributed by atoms with Crippen LogP contribution < -0.4 is 5.56 Å². The molecular weight excluding hydrogens is 434 g/mol. The van der Waals surface area contributed by atoms with E-state index in [1.807, 2.05) is 0 Å². The molecule has 32 heavy (non-hydrogen) atoms. The molecule has 1 aromatic carbocycles. The molecule has 0 unspecified atom stereocenters. The van der Waals surface area contributed by atoms with E-state index in [-0.39, 0.29) is 24.4 Å². The number of aromatic nitrogens is 4. The maximum Gasteiger partial charge on any atom is 0.264 e. The van der Waals surface area contributed by atoms with E-state index in [4.69, 9.17) is 11.6 Å². The van der Waals surface area contributed by atoms with Crippen LogP contribution in [0.4, 0.5) is 0 Å². The lowest BCUT2D eigenvalue weighted by Gasteiger charge is -2.39. The molecule has 3 heterocycles. The molecule has 10 heteroatoms. The average molecular weight is 460 g/mol. The Morgan fingerprint density at radius 2 is 1.88 bits per heavy atom. The van der Waals surface area contributed by atoms with E-state index in [2.05, 4.69) is 10.1 Å². The van der Waals surface area contributed by atoms with Crippen LogP contribution in [0, 0.1) is 0 Å². The highest BCUT2D eigenvalue weighted by Gasteiger charge is 2.35. The molecule has 4 rings (SSSR count). The Kier molecular flexibility index (Phi) is 5.83. The first-order valence-electron chi connectivity index (χ1n) is 10.5. The van der Waals surface area contributed by atoms with Crippen molar-refractivity contribution >= 4 is 28.5 Å². The van der Waals surface area contributed by atoms with E-state index < -0.39 is 11.2 Å². The lowest BCUT2D eigenvalue weighted by atomic mass is 9.90. The summed E-state index contributed by atoms with van der Waals surface area (Å²) in [5, 5.41) is 26.2. The summed E-state index contributed by atoms with van der Waals surface area (Å²) in [5.74, 6) is -0.144. The first-order chi connectivity index (χ1) is 15.0. The minimum Gasteiger partial charge on any atom is -0.390 e. The number of piperidine rings is 1. The molecule has 1 amide bonds. The van der Waals surface area contributed by atoms with Crippen molar-refractivity contribution in [2.45, 2.75) is 50.9 Å². The third-order valence-corrected chi connectivity index (χ3v) is 5.97. The number of nitrogens with zero attached hydrogens (tertiary/aromatic N) is 5. The van der Waals surface area contributed by atoms with Crippen molar-refractivity contribution < 1.29 is 15.0 Å². The van der Waals surface area contributed by atoms with Crippen LogP contribution in [0.5, 0.6) is 0 Å². The largest absolute Gasteiger partial charge is 0.390 e. The second-order valence-corrected chi connectivity index (χ2v) is 9.48. The second kappa shape index (κ2) is 8.31. The van der Waals surface area contributed by atoms with Crippen LogP contribution in [0.3, 0.4) is 0 Å². The van der Waals surface area contributed by atoms with Crippen LogP contribution in [-0.4, -0.2) is 64.6 Å². The number of amides is 1. The number of rotatable bonds is 5. The number of carbonyl (C=O) groups is 1. The first kappa shape index (κ1) is 22.4. The third kappa shape index (κ3) is 4.69. The van der Waals surface area contributed by atoms with Gasteiger partial charge in [-0.1, -0.05) is 11.6 Å². The lowest BCUT2D eigenvalue weighted by Crippen LogP contribution is -2.50. The second-order valence-electron chi connectivity index (χ2n) is 9.04. The molecule has 0 bridgehead atoms. The van der Waals surface area contributed by atoms with Gasteiger partial charge < -0.3 is 15.1 Å². The Bertz CT molecular complexity index is 1190. The van der Waals surface area contributed by atoms with E-state index in [0.29, 0.717) is 42.0 Å². The Hall–Kier alpha value is -2.75. The number of hydrogen-bond donors (Lipinski definition) is 2. The molecule has 170 valence electrons. The fourth-order valence-corrected chi connectivity index (χ4v) is 4.09. The summed E-state index contributed by atoms with van der Waals surface area (Å²) in [6.07, 6.45) is 3.58. The number of halogens is 1. The number of carbonyl (C=O) groups excluding carboxylic acids is 1. The van der Waals surface area contributed by atoms with E-state index in [0.717, 1.165) is 5.69 Å². The summed E-state index contributed by atoms with van der Waals surface area (Å²) >= 11 is 5.94. The highest BCUT2D eigenvalue weighted by Crippen LogP contribution is 2.25. The SMILES string of the molecule is CC(C)(O)CC(=O)N1CCC(O)(Cn2cnc3c(cnn3-c3ccc(Cl)cc3)c2=O)CC1. The van der Waals surface area contributed by atoms with Crippen molar-refractivity contribution in [2.24, 2.45) is 0 Å². The van der Waals surface area contributed by atoms with Crippen LogP contribution in [0.1, 0.15) is 33.1 Å². The van der Waals surface area contributed by atoms with Gasteiger partial charge in [0.15, 0.2) is 5.65 Å². The molecule has 0 atom stereocenters. The van der Waals surface area contributed by atoms with Crippen molar-refractivity contribution in [2.75, 3.05) is 13.1 Å². The van der Waals surface area contributed by atoms with Crippen LogP contribution in [0.15, 0.2) is 41.6 Å². The molecular formula is C22H26ClN5O4. The Morgan fingerprint density at radius 1 is 1.22 bits per heavy atom. The van der Waals surface area contributed by atoms with Gasteiger partial charge in [-0.25, -0.2) is 9.67 Å². The monoisotopic (exact) mass is 459 g/mol. The van der Waals surface area contributed by atoms with Gasteiger partial charge in [0.05, 0.1) is 36.1 Å². The van der Waals surface area contributed by atoms with Crippen molar-refractivity contribution in [3.63, 3.8) is 0 Å². The van der Waals surface area contributed by atoms with Crippen LogP contribution in [0.2, 0.25) is 5.02 Å². The lowest BCUT2D eigenvalue weighted by molar-refractivity contribution is -0.139. The molecule has 1 aliphatic heterocycles. The van der Waals surface area contributed by atoms with Gasteiger partial charge in [-0.15, -0.1) is 0 Å². The fraction of sp³-hybridized carbons (Fsp3) is 0.455. The zero-order valence-corrected chi connectivity index (χ0v) is 18.8. The van der Waals surface area contributed by atoms with Crippen molar-refractivity contribution in [1.29, 1.82) is 0 Å². The third-order valence-electron chi connectivity index (χ3n) is 5.72. The van der Waals surface area contributed by atoms with Gasteiger partial charge in [-0.05, 0) is 51.0 Å². The molecule has 1 aliphatic rings. The van der Waals surface area contributed by atoms with E-state index in [1.54, 1.807) is 47.7 Å². The maximum absolute atomic E-state index is 13.0. The highest BCUT2D eigenvalue weighted by molar-refractivity contribution is 6.30. The summed E-state index contributed by atoms with van der Waals surface area (Å²) in [4.78, 5) is 31.4. The molecule has 0 spiro atoms. The summed E-state index contributed by atoms with van der Waals surface area (Å²) in [6.45, 7) is 3.99. The number of aliphatic hydroxyl groups is 2. The normalized spacial score (nSPS) is 16.5. The van der Waals surface area contributed by atoms with Crippen molar-refractivity contribution in [3.05, 3.63) is 52.2 Å². The van der Waals surface area contributed by atoms with Gasteiger partial charge in [0, 0.05) is 18.1 Å². The summed E-state index contributed by atoms with van der Waals surface area (Å²) < 4.78 is 2.96. The first-order valence-corrected chi connectivity index (χ1v) is 10.8. The van der Waals surface area contributed by atoms with Crippen LogP contribution in [-0.2, 0) is 11.3 Å². The predicted molar refractivity (Wildman–Crippen MR) is 120 cm³/mol. The zero-order valence-electron chi connectivity index (χ0n) is 18.0. The van der Waals surface area contributed by atoms with E-state index in [1.165, 1.54) is 17.1 Å². The summed E-state index contributed by atoms with van der Waals surface area (Å²) in [6, 6.07) is 7.05. The minimum absolute atomic E-state index is 0.0308. The van der Waals surface area contributed by atoms with Crippen molar-refractivity contribution in [1.82, 2.24) is 24.2 Å². The van der Waals surface area contributed by atoms with Gasteiger partial charge in [-0.2, -0.15) is 5.10 Å². The number of hydrogen-bond acceptors (Lipinski definition) is 6. The zero-order chi connectivity index (χ0) is 23.1. The molecule has 1 saturated heterocycles. The standard InChI is InChI=1S/C22H26ClN5O4/c1-21(2,31)11-18(29)26-9-7-22(32,8-10-26)13-27-14-24-19-17(20(27)30)12-25-28(19)16-5-3-15(23)4-6-16/h3-6,12,14,31-32H,7-11,13H2,1-2H3. The molecule has 9 nitrogen and oxygen atoms in total. The van der Waals surface area contributed by atoms with Crippen molar-refractivity contribution in [3.8, 4) is 5.69 Å². The van der Waals surface area contributed by atoms with Gasteiger partial charge in [-0.3, -0.25) is 14.2 Å². The number of benzene rings is 1. The average Bonchev–Trinajstić information content (AvgIpc) is 3.15. The summed E-state index contributed by atoms with van der Waals surface area (Å²) in [5.41, 5.74) is -1.33. The van der Waals surface area contributed by atoms with Gasteiger partial charge in [0.1, 0.15) is 11.7 Å². The molecule has 1 fully saturated rings. The minimum atomic E-state index is -1.13.